The van der Waals surface area contributed by atoms with E-state index in [1.807, 2.05) is 12.1 Å². The second-order valence-electron chi connectivity index (χ2n) is 4.39. The van der Waals surface area contributed by atoms with Crippen LogP contribution in [0.3, 0.4) is 0 Å². The molecule has 0 aromatic heterocycles. The number of carbonyl (C=O) groups is 1. The van der Waals surface area contributed by atoms with Crippen LogP contribution in [-0.4, -0.2) is 17.9 Å². The summed E-state index contributed by atoms with van der Waals surface area (Å²) in [6.45, 7) is 3.26. The zero-order chi connectivity index (χ0) is 13.7. The van der Waals surface area contributed by atoms with Gasteiger partial charge in [0.25, 0.3) is 0 Å². The molecular formula is C15H17BrN2O. The van der Waals surface area contributed by atoms with Crippen LogP contribution >= 0.6 is 15.9 Å². The topological polar surface area (TPSA) is 41.1 Å². The molecule has 0 aliphatic rings. The minimum atomic E-state index is -0.135. The Morgan fingerprint density at radius 2 is 1.84 bits per heavy atom. The molecule has 0 unspecified atom stereocenters. The average molecular weight is 321 g/mol. The van der Waals surface area contributed by atoms with Gasteiger partial charge in [0.05, 0.1) is 0 Å². The Kier molecular flexibility index (Phi) is 4.80. The van der Waals surface area contributed by atoms with E-state index in [0.717, 1.165) is 10.9 Å². The Bertz CT molecular complexity index is 583. The van der Waals surface area contributed by atoms with E-state index in [-0.39, 0.29) is 6.03 Å². The highest BCUT2D eigenvalue weighted by Crippen LogP contribution is 2.22. The van der Waals surface area contributed by atoms with Crippen molar-refractivity contribution in [2.75, 3.05) is 11.9 Å². The maximum atomic E-state index is 11.5. The van der Waals surface area contributed by atoms with Gasteiger partial charge in [0.1, 0.15) is 0 Å². The third kappa shape index (κ3) is 3.47. The number of rotatable bonds is 4. The number of nitrogens with one attached hydrogen (secondary N) is 2. The van der Waals surface area contributed by atoms with Gasteiger partial charge in [-0.25, -0.2) is 4.79 Å². The minimum absolute atomic E-state index is 0.135. The van der Waals surface area contributed by atoms with E-state index < -0.39 is 0 Å². The molecule has 0 fully saturated rings. The molecule has 0 spiro atoms. The third-order valence-corrected chi connectivity index (χ3v) is 3.45. The number of alkyl halides is 1. The molecule has 0 atom stereocenters. The Hall–Kier alpha value is -1.55. The van der Waals surface area contributed by atoms with Crippen molar-refractivity contribution in [3.05, 3.63) is 47.5 Å². The highest BCUT2D eigenvalue weighted by atomic mass is 79.9. The second kappa shape index (κ2) is 6.57. The first kappa shape index (κ1) is 13.9. The molecule has 0 heterocycles. The van der Waals surface area contributed by atoms with Crippen molar-refractivity contribution in [3.8, 4) is 0 Å². The number of hydrogen-bond acceptors (Lipinski definition) is 1. The summed E-state index contributed by atoms with van der Waals surface area (Å²) in [4.78, 5) is 11.5. The normalized spacial score (nSPS) is 10.4. The summed E-state index contributed by atoms with van der Waals surface area (Å²) in [5.74, 6) is 0. The van der Waals surface area contributed by atoms with Crippen molar-refractivity contribution >= 4 is 32.7 Å². The average Bonchev–Trinajstić information content (AvgIpc) is 2.45. The van der Waals surface area contributed by atoms with Crippen LogP contribution in [0, 0.1) is 6.92 Å². The molecule has 2 aromatic carbocycles. The van der Waals surface area contributed by atoms with Gasteiger partial charge >= 0.3 is 6.03 Å². The number of urea groups is 1. The van der Waals surface area contributed by atoms with Gasteiger partial charge in [-0.15, -0.1) is 0 Å². The molecule has 2 aromatic rings. The van der Waals surface area contributed by atoms with E-state index in [2.05, 4.69) is 57.8 Å². The van der Waals surface area contributed by atoms with Crippen molar-refractivity contribution < 1.29 is 4.79 Å². The van der Waals surface area contributed by atoms with Gasteiger partial charge < -0.3 is 10.6 Å². The van der Waals surface area contributed by atoms with Crippen LogP contribution in [0.25, 0.3) is 10.8 Å². The molecular weight excluding hydrogens is 304 g/mol. The maximum Gasteiger partial charge on any atom is 0.315 e. The van der Waals surface area contributed by atoms with Crippen LogP contribution in [0.15, 0.2) is 36.4 Å². The lowest BCUT2D eigenvalue weighted by Gasteiger charge is -2.10. The van der Waals surface area contributed by atoms with E-state index in [1.54, 1.807) is 0 Å². The lowest BCUT2D eigenvalue weighted by molar-refractivity contribution is 0.241. The Morgan fingerprint density at radius 3 is 2.58 bits per heavy atom. The fraction of sp³-hybridized carbons (Fsp3) is 0.267. The van der Waals surface area contributed by atoms with E-state index >= 15 is 0 Å². The Morgan fingerprint density at radius 1 is 1.11 bits per heavy atom. The lowest BCUT2D eigenvalue weighted by atomic mass is 10.0. The van der Waals surface area contributed by atoms with Crippen molar-refractivity contribution in [1.29, 1.82) is 0 Å². The van der Waals surface area contributed by atoms with Gasteiger partial charge in [0.15, 0.2) is 0 Å². The first-order chi connectivity index (χ1) is 9.22. The zero-order valence-electron chi connectivity index (χ0n) is 10.9. The molecule has 0 aliphatic heterocycles. The van der Waals surface area contributed by atoms with Crippen molar-refractivity contribution in [2.24, 2.45) is 0 Å². The fourth-order valence-electron chi connectivity index (χ4n) is 2.07. The van der Waals surface area contributed by atoms with Gasteiger partial charge in [0.2, 0.25) is 0 Å². The third-order valence-electron chi connectivity index (χ3n) is 3.05. The highest BCUT2D eigenvalue weighted by molar-refractivity contribution is 9.09. The fourth-order valence-corrected chi connectivity index (χ4v) is 2.26. The predicted molar refractivity (Wildman–Crippen MR) is 82.7 cm³/mol. The minimum Gasteiger partial charge on any atom is -0.337 e. The van der Waals surface area contributed by atoms with E-state index in [4.69, 9.17) is 0 Å². The van der Waals surface area contributed by atoms with Crippen LogP contribution in [0.4, 0.5) is 4.79 Å². The molecule has 100 valence electrons. The maximum absolute atomic E-state index is 11.5. The summed E-state index contributed by atoms with van der Waals surface area (Å²) in [6.07, 6.45) is 0. The molecule has 4 heteroatoms. The van der Waals surface area contributed by atoms with E-state index in [1.165, 1.54) is 16.3 Å². The van der Waals surface area contributed by atoms with Crippen molar-refractivity contribution in [1.82, 2.24) is 10.6 Å². The SMILES string of the molecule is Cc1ccc(CNC(=O)NCCBr)c2ccccc12. The Balaban J connectivity index is 2.13. The summed E-state index contributed by atoms with van der Waals surface area (Å²) in [6, 6.07) is 12.3. The predicted octanol–water partition coefficient (Wildman–Crippen LogP) is 3.34. The van der Waals surface area contributed by atoms with Gasteiger partial charge in [-0.05, 0) is 28.8 Å². The largest absolute Gasteiger partial charge is 0.337 e. The van der Waals surface area contributed by atoms with Crippen molar-refractivity contribution in [3.63, 3.8) is 0 Å². The number of benzene rings is 2. The molecule has 0 saturated heterocycles. The van der Waals surface area contributed by atoms with Gasteiger partial charge in [0, 0.05) is 18.4 Å². The quantitative estimate of drug-likeness (QED) is 0.833. The highest BCUT2D eigenvalue weighted by Gasteiger charge is 2.04. The molecule has 3 nitrogen and oxygen atoms in total. The van der Waals surface area contributed by atoms with Crippen molar-refractivity contribution in [2.45, 2.75) is 13.5 Å². The number of fused-ring (bicyclic) bond motifs is 1. The lowest BCUT2D eigenvalue weighted by Crippen LogP contribution is -2.36. The second-order valence-corrected chi connectivity index (χ2v) is 5.18. The van der Waals surface area contributed by atoms with Crippen LogP contribution < -0.4 is 10.6 Å². The molecule has 2 rings (SSSR count). The molecule has 19 heavy (non-hydrogen) atoms. The molecule has 0 aliphatic carbocycles. The standard InChI is InChI=1S/C15H17BrN2O/c1-11-6-7-12(10-18-15(19)17-9-8-16)14-5-3-2-4-13(11)14/h2-7H,8-10H2,1H3,(H2,17,18,19). The van der Waals surface area contributed by atoms with Gasteiger partial charge in [-0.1, -0.05) is 52.3 Å². The van der Waals surface area contributed by atoms with Gasteiger partial charge in [-0.3, -0.25) is 0 Å². The summed E-state index contributed by atoms with van der Waals surface area (Å²) >= 11 is 3.27. The van der Waals surface area contributed by atoms with Crippen LogP contribution in [-0.2, 0) is 6.54 Å². The number of carbonyl (C=O) groups excluding carboxylic acids is 1. The van der Waals surface area contributed by atoms with E-state index in [9.17, 15) is 4.79 Å². The van der Waals surface area contributed by atoms with Gasteiger partial charge in [-0.2, -0.15) is 0 Å². The number of amides is 2. The Labute approximate surface area is 121 Å². The first-order valence-corrected chi connectivity index (χ1v) is 7.39. The van der Waals surface area contributed by atoms with Crippen LogP contribution in [0.2, 0.25) is 0 Å². The number of aryl methyl sites for hydroxylation is 1. The number of halogens is 1. The summed E-state index contributed by atoms with van der Waals surface area (Å²) in [5, 5.41) is 8.83. The summed E-state index contributed by atoms with van der Waals surface area (Å²) in [7, 11) is 0. The summed E-state index contributed by atoms with van der Waals surface area (Å²) < 4.78 is 0. The van der Waals surface area contributed by atoms with Crippen LogP contribution in [0.1, 0.15) is 11.1 Å². The van der Waals surface area contributed by atoms with E-state index in [0.29, 0.717) is 13.1 Å². The molecule has 2 amide bonds. The summed E-state index contributed by atoms with van der Waals surface area (Å²) in [5.41, 5.74) is 2.39. The number of hydrogen-bond donors (Lipinski definition) is 2. The molecule has 0 bridgehead atoms. The molecule has 2 N–H and O–H groups in total. The zero-order valence-corrected chi connectivity index (χ0v) is 12.5. The smallest absolute Gasteiger partial charge is 0.315 e. The van der Waals surface area contributed by atoms with Crippen LogP contribution in [0.5, 0.6) is 0 Å². The first-order valence-electron chi connectivity index (χ1n) is 6.27. The molecule has 0 radical (unpaired) electrons. The molecule has 0 saturated carbocycles. The monoisotopic (exact) mass is 320 g/mol.